The van der Waals surface area contributed by atoms with Gasteiger partial charge >= 0.3 is 6.03 Å². The zero-order chi connectivity index (χ0) is 20.3. The Morgan fingerprint density at radius 1 is 1.21 bits per heavy atom. The minimum absolute atomic E-state index is 0.00821. The molecular formula is C20H28N4O4. The Balaban J connectivity index is 1.78. The Morgan fingerprint density at radius 3 is 2.57 bits per heavy atom. The molecule has 2 aliphatic heterocycles. The SMILES string of the molecule is COc1cccc(CC(=O)N2CCN(C(=O)N(C)C)C[C@]3(CNC(=O)C3)C2)c1. The summed E-state index contributed by atoms with van der Waals surface area (Å²) in [6.07, 6.45) is 0.587. The van der Waals surface area contributed by atoms with Crippen molar-refractivity contribution in [3.8, 4) is 5.75 Å². The minimum atomic E-state index is -0.441. The highest BCUT2D eigenvalue weighted by Gasteiger charge is 2.45. The van der Waals surface area contributed by atoms with Gasteiger partial charge in [0.1, 0.15) is 5.75 Å². The number of carbonyl (C=O) groups is 3. The number of hydrogen-bond acceptors (Lipinski definition) is 4. The van der Waals surface area contributed by atoms with Gasteiger partial charge in [0.15, 0.2) is 0 Å². The summed E-state index contributed by atoms with van der Waals surface area (Å²) in [4.78, 5) is 42.6. The molecule has 0 aliphatic carbocycles. The summed E-state index contributed by atoms with van der Waals surface area (Å²) in [6.45, 7) is 2.32. The number of amides is 4. The Bertz CT molecular complexity index is 766. The van der Waals surface area contributed by atoms with Gasteiger partial charge in [-0.2, -0.15) is 0 Å². The molecule has 2 saturated heterocycles. The normalized spacial score (nSPS) is 22.0. The van der Waals surface area contributed by atoms with Crippen LogP contribution in [0.3, 0.4) is 0 Å². The van der Waals surface area contributed by atoms with Crippen LogP contribution in [0, 0.1) is 5.41 Å². The zero-order valence-electron chi connectivity index (χ0n) is 16.7. The molecule has 4 amide bonds. The van der Waals surface area contributed by atoms with Crippen molar-refractivity contribution in [3.63, 3.8) is 0 Å². The maximum Gasteiger partial charge on any atom is 0.319 e. The number of rotatable bonds is 3. The summed E-state index contributed by atoms with van der Waals surface area (Å²) >= 11 is 0. The van der Waals surface area contributed by atoms with Crippen molar-refractivity contribution in [2.45, 2.75) is 12.8 Å². The van der Waals surface area contributed by atoms with Crippen LogP contribution in [-0.4, -0.2) is 86.5 Å². The molecule has 8 nitrogen and oxygen atoms in total. The molecule has 28 heavy (non-hydrogen) atoms. The molecule has 0 radical (unpaired) electrons. The van der Waals surface area contributed by atoms with E-state index in [0.717, 1.165) is 5.56 Å². The minimum Gasteiger partial charge on any atom is -0.497 e. The third-order valence-electron chi connectivity index (χ3n) is 5.38. The Kier molecular flexibility index (Phi) is 5.76. The van der Waals surface area contributed by atoms with Crippen molar-refractivity contribution >= 4 is 17.8 Å². The van der Waals surface area contributed by atoms with E-state index in [2.05, 4.69) is 5.32 Å². The van der Waals surface area contributed by atoms with Gasteiger partial charge in [0.05, 0.1) is 13.5 Å². The summed E-state index contributed by atoms with van der Waals surface area (Å²) in [5, 5.41) is 2.88. The maximum absolute atomic E-state index is 13.0. The molecule has 8 heteroatoms. The highest BCUT2D eigenvalue weighted by Crippen LogP contribution is 2.31. The second-order valence-electron chi connectivity index (χ2n) is 7.90. The van der Waals surface area contributed by atoms with Crippen LogP contribution < -0.4 is 10.1 Å². The lowest BCUT2D eigenvalue weighted by atomic mass is 9.86. The van der Waals surface area contributed by atoms with Crippen LogP contribution in [0.25, 0.3) is 0 Å². The molecule has 2 aliphatic rings. The van der Waals surface area contributed by atoms with Crippen LogP contribution in [0.5, 0.6) is 5.75 Å². The van der Waals surface area contributed by atoms with Crippen LogP contribution >= 0.6 is 0 Å². The largest absolute Gasteiger partial charge is 0.497 e. The first-order chi connectivity index (χ1) is 13.3. The van der Waals surface area contributed by atoms with Gasteiger partial charge in [-0.1, -0.05) is 12.1 Å². The summed E-state index contributed by atoms with van der Waals surface area (Å²) in [5.74, 6) is 0.677. The molecule has 3 rings (SSSR count). The van der Waals surface area contributed by atoms with Gasteiger partial charge in [-0.15, -0.1) is 0 Å². The lowest BCUT2D eigenvalue weighted by Crippen LogP contribution is -2.47. The van der Waals surface area contributed by atoms with E-state index in [-0.39, 0.29) is 24.3 Å². The van der Waals surface area contributed by atoms with Gasteiger partial charge in [-0.05, 0) is 17.7 Å². The van der Waals surface area contributed by atoms with E-state index >= 15 is 0 Å². The molecule has 0 unspecified atom stereocenters. The first-order valence-electron chi connectivity index (χ1n) is 9.45. The van der Waals surface area contributed by atoms with Crippen molar-refractivity contribution in [1.29, 1.82) is 0 Å². The molecule has 2 heterocycles. The van der Waals surface area contributed by atoms with E-state index in [9.17, 15) is 14.4 Å². The summed E-state index contributed by atoms with van der Waals surface area (Å²) < 4.78 is 5.23. The van der Waals surface area contributed by atoms with Gasteiger partial charge in [0.2, 0.25) is 11.8 Å². The summed E-state index contributed by atoms with van der Waals surface area (Å²) in [6, 6.07) is 7.36. The average molecular weight is 388 g/mol. The van der Waals surface area contributed by atoms with E-state index in [1.54, 1.807) is 31.0 Å². The fraction of sp³-hybridized carbons (Fsp3) is 0.550. The predicted molar refractivity (Wildman–Crippen MR) is 104 cm³/mol. The fourth-order valence-electron chi connectivity index (χ4n) is 3.96. The van der Waals surface area contributed by atoms with E-state index in [4.69, 9.17) is 4.74 Å². The average Bonchev–Trinajstić information content (AvgIpc) is 2.92. The molecule has 0 aromatic heterocycles. The van der Waals surface area contributed by atoms with Crippen LogP contribution in [0.15, 0.2) is 24.3 Å². The van der Waals surface area contributed by atoms with Gasteiger partial charge in [-0.25, -0.2) is 4.79 Å². The molecule has 1 spiro atoms. The van der Waals surface area contributed by atoms with Crippen LogP contribution in [0.1, 0.15) is 12.0 Å². The third-order valence-corrected chi connectivity index (χ3v) is 5.38. The third kappa shape index (κ3) is 4.37. The fourth-order valence-corrected chi connectivity index (χ4v) is 3.96. The predicted octanol–water partition coefficient (Wildman–Crippen LogP) is 0.570. The van der Waals surface area contributed by atoms with Gasteiger partial charge < -0.3 is 24.8 Å². The first-order valence-corrected chi connectivity index (χ1v) is 9.45. The number of carbonyl (C=O) groups excluding carboxylic acids is 3. The van der Waals surface area contributed by atoms with E-state index < -0.39 is 5.41 Å². The highest BCUT2D eigenvalue weighted by atomic mass is 16.5. The molecule has 1 aromatic carbocycles. The smallest absolute Gasteiger partial charge is 0.319 e. The standard InChI is InChI=1S/C20H28N4O4/c1-22(2)19(27)24-8-7-23(13-20(14-24)11-17(25)21-12-20)18(26)10-15-5-4-6-16(9-15)28-3/h4-6,9H,7-8,10-14H2,1-3H3,(H,21,25)/t20-/m1/s1. The first kappa shape index (κ1) is 20.0. The van der Waals surface area contributed by atoms with Crippen molar-refractivity contribution < 1.29 is 19.1 Å². The molecule has 0 bridgehead atoms. The molecule has 1 N–H and O–H groups in total. The van der Waals surface area contributed by atoms with Gasteiger partial charge in [-0.3, -0.25) is 9.59 Å². The number of nitrogens with zero attached hydrogens (tertiary/aromatic N) is 3. The number of hydrogen-bond donors (Lipinski definition) is 1. The Hall–Kier alpha value is -2.77. The maximum atomic E-state index is 13.0. The lowest BCUT2D eigenvalue weighted by molar-refractivity contribution is -0.131. The molecule has 2 fully saturated rings. The van der Waals surface area contributed by atoms with Crippen LogP contribution in [0.4, 0.5) is 4.79 Å². The number of urea groups is 1. The highest BCUT2D eigenvalue weighted by molar-refractivity contribution is 5.82. The number of ether oxygens (including phenoxy) is 1. The number of benzene rings is 1. The lowest BCUT2D eigenvalue weighted by Gasteiger charge is -2.33. The van der Waals surface area contributed by atoms with Crippen LogP contribution in [0.2, 0.25) is 0 Å². The molecule has 152 valence electrons. The molecule has 1 atom stereocenters. The van der Waals surface area contributed by atoms with E-state index in [1.807, 2.05) is 24.3 Å². The van der Waals surface area contributed by atoms with Crippen molar-refractivity contribution in [2.75, 3.05) is 53.9 Å². The number of methoxy groups -OCH3 is 1. The topological polar surface area (TPSA) is 82.2 Å². The number of nitrogens with one attached hydrogen (secondary N) is 1. The van der Waals surface area contributed by atoms with Crippen molar-refractivity contribution in [1.82, 2.24) is 20.0 Å². The monoisotopic (exact) mass is 388 g/mol. The van der Waals surface area contributed by atoms with Crippen LogP contribution in [-0.2, 0) is 16.0 Å². The van der Waals surface area contributed by atoms with Crippen molar-refractivity contribution in [3.05, 3.63) is 29.8 Å². The summed E-state index contributed by atoms with van der Waals surface area (Å²) in [5.41, 5.74) is 0.438. The Morgan fingerprint density at radius 2 is 1.93 bits per heavy atom. The second kappa shape index (κ2) is 8.08. The van der Waals surface area contributed by atoms with Gasteiger partial charge in [0, 0.05) is 58.7 Å². The van der Waals surface area contributed by atoms with E-state index in [0.29, 0.717) is 44.9 Å². The van der Waals surface area contributed by atoms with Gasteiger partial charge in [0.25, 0.3) is 0 Å². The quantitative estimate of drug-likeness (QED) is 0.821. The Labute approximate surface area is 165 Å². The van der Waals surface area contributed by atoms with Crippen molar-refractivity contribution in [2.24, 2.45) is 5.41 Å². The zero-order valence-corrected chi connectivity index (χ0v) is 16.7. The second-order valence-corrected chi connectivity index (χ2v) is 7.90. The van der Waals surface area contributed by atoms with E-state index in [1.165, 1.54) is 4.90 Å². The summed E-state index contributed by atoms with van der Waals surface area (Å²) in [7, 11) is 5.02. The molecule has 0 saturated carbocycles. The molecule has 1 aromatic rings. The molecular weight excluding hydrogens is 360 g/mol.